The summed E-state index contributed by atoms with van der Waals surface area (Å²) in [5, 5.41) is 11.6. The zero-order valence-electron chi connectivity index (χ0n) is 12.8. The molecule has 4 saturated carbocycles. The number of hydrogen-bond donors (Lipinski definition) is 1. The molecule has 2 aliphatic heterocycles. The van der Waals surface area contributed by atoms with Crippen LogP contribution in [0.4, 0.5) is 0 Å². The Morgan fingerprint density at radius 1 is 0.850 bits per heavy atom. The van der Waals surface area contributed by atoms with Gasteiger partial charge in [0.05, 0.1) is 5.60 Å². The molecule has 4 aliphatic carbocycles. The van der Waals surface area contributed by atoms with Crippen molar-refractivity contribution < 1.29 is 5.11 Å². The Hall–Kier alpha value is -0.0800. The van der Waals surface area contributed by atoms with Crippen molar-refractivity contribution in [3.63, 3.8) is 0 Å². The van der Waals surface area contributed by atoms with Crippen LogP contribution in [0, 0.1) is 29.6 Å². The molecule has 6 rings (SSSR count). The second kappa shape index (κ2) is 4.01. The quantitative estimate of drug-likeness (QED) is 0.795. The molecule has 6 bridgehead atoms. The molecule has 0 aromatic carbocycles. The van der Waals surface area contributed by atoms with Crippen molar-refractivity contribution in [3.05, 3.63) is 0 Å². The van der Waals surface area contributed by atoms with Gasteiger partial charge in [-0.25, -0.2) is 0 Å². The van der Waals surface area contributed by atoms with E-state index in [1.54, 1.807) is 0 Å². The minimum atomic E-state index is -0.305. The Morgan fingerprint density at radius 2 is 1.35 bits per heavy atom. The summed E-state index contributed by atoms with van der Waals surface area (Å²) in [6.07, 6.45) is 12.1. The van der Waals surface area contributed by atoms with E-state index >= 15 is 0 Å². The fourth-order valence-electron chi connectivity index (χ4n) is 7.56. The van der Waals surface area contributed by atoms with Crippen molar-refractivity contribution in [1.82, 2.24) is 4.90 Å². The summed E-state index contributed by atoms with van der Waals surface area (Å²) in [5.41, 5.74) is -0.305. The first kappa shape index (κ1) is 12.5. The van der Waals surface area contributed by atoms with Gasteiger partial charge in [0, 0.05) is 12.1 Å². The number of piperidine rings is 1. The van der Waals surface area contributed by atoms with Gasteiger partial charge in [-0.15, -0.1) is 0 Å². The summed E-state index contributed by atoms with van der Waals surface area (Å²) in [6, 6.07) is 1.35. The Kier molecular flexibility index (Phi) is 2.50. The van der Waals surface area contributed by atoms with Crippen LogP contribution in [0.3, 0.4) is 0 Å². The van der Waals surface area contributed by atoms with Crippen LogP contribution in [0.25, 0.3) is 0 Å². The lowest BCUT2D eigenvalue weighted by Crippen LogP contribution is -2.60. The Labute approximate surface area is 122 Å². The molecule has 0 aromatic rings. The van der Waals surface area contributed by atoms with Crippen LogP contribution in [-0.2, 0) is 0 Å². The van der Waals surface area contributed by atoms with E-state index in [9.17, 15) is 5.11 Å². The molecule has 0 spiro atoms. The van der Waals surface area contributed by atoms with Crippen molar-refractivity contribution >= 4 is 0 Å². The third kappa shape index (κ3) is 1.58. The average Bonchev–Trinajstić information content (AvgIpc) is 2.61. The highest BCUT2D eigenvalue weighted by Gasteiger charge is 2.58. The van der Waals surface area contributed by atoms with E-state index in [2.05, 4.69) is 11.9 Å². The third-order valence-electron chi connectivity index (χ3n) is 8.01. The van der Waals surface area contributed by atoms with Crippen LogP contribution in [-0.4, -0.2) is 34.7 Å². The third-order valence-corrected chi connectivity index (χ3v) is 8.01. The fraction of sp³-hybridized carbons (Fsp3) is 1.00. The van der Waals surface area contributed by atoms with Gasteiger partial charge >= 0.3 is 0 Å². The molecular formula is C18H29NO. The molecule has 6 aliphatic rings. The molecule has 0 radical (unpaired) electrons. The normalized spacial score (nSPS) is 61.2. The molecule has 6 fully saturated rings. The number of aliphatic hydroxyl groups is 1. The summed E-state index contributed by atoms with van der Waals surface area (Å²) in [4.78, 5) is 2.57. The highest BCUT2D eigenvalue weighted by atomic mass is 16.3. The molecule has 2 saturated heterocycles. The molecule has 2 heteroatoms. The van der Waals surface area contributed by atoms with E-state index in [1.165, 1.54) is 44.9 Å². The Bertz CT molecular complexity index is 378. The summed E-state index contributed by atoms with van der Waals surface area (Å²) >= 11 is 0. The minimum absolute atomic E-state index is 0.305. The molecule has 2 heterocycles. The van der Waals surface area contributed by atoms with Gasteiger partial charge in [0.25, 0.3) is 0 Å². The van der Waals surface area contributed by atoms with Gasteiger partial charge in [-0.1, -0.05) is 0 Å². The van der Waals surface area contributed by atoms with Gasteiger partial charge < -0.3 is 10.0 Å². The van der Waals surface area contributed by atoms with Crippen molar-refractivity contribution in [2.45, 2.75) is 75.5 Å². The molecular weight excluding hydrogens is 246 g/mol. The van der Waals surface area contributed by atoms with Crippen molar-refractivity contribution in [1.29, 1.82) is 0 Å². The minimum Gasteiger partial charge on any atom is -0.389 e. The maximum Gasteiger partial charge on any atom is 0.0710 e. The van der Waals surface area contributed by atoms with Crippen LogP contribution in [0.2, 0.25) is 0 Å². The van der Waals surface area contributed by atoms with Gasteiger partial charge in [-0.2, -0.15) is 0 Å². The number of nitrogens with zero attached hydrogens (tertiary/aromatic N) is 1. The zero-order chi connectivity index (χ0) is 13.5. The van der Waals surface area contributed by atoms with Gasteiger partial charge in [0.15, 0.2) is 0 Å². The molecule has 112 valence electrons. The maximum absolute atomic E-state index is 11.6. The van der Waals surface area contributed by atoms with Crippen molar-refractivity contribution in [3.8, 4) is 0 Å². The fourth-order valence-corrected chi connectivity index (χ4v) is 7.56. The van der Waals surface area contributed by atoms with Gasteiger partial charge in [0.1, 0.15) is 0 Å². The predicted molar refractivity (Wildman–Crippen MR) is 79.3 cm³/mol. The first-order chi connectivity index (χ1) is 9.62. The van der Waals surface area contributed by atoms with Gasteiger partial charge in [-0.3, -0.25) is 0 Å². The second-order valence-corrected chi connectivity index (χ2v) is 9.02. The average molecular weight is 275 g/mol. The summed E-state index contributed by atoms with van der Waals surface area (Å²) in [5.74, 6) is 4.46. The highest BCUT2D eigenvalue weighted by Crippen LogP contribution is 2.61. The largest absolute Gasteiger partial charge is 0.389 e. The van der Waals surface area contributed by atoms with Crippen molar-refractivity contribution in [2.24, 2.45) is 29.6 Å². The van der Waals surface area contributed by atoms with E-state index in [1.807, 2.05) is 0 Å². The van der Waals surface area contributed by atoms with E-state index in [0.717, 1.165) is 36.5 Å². The van der Waals surface area contributed by atoms with Gasteiger partial charge in [0.2, 0.25) is 0 Å². The zero-order valence-corrected chi connectivity index (χ0v) is 12.8. The topological polar surface area (TPSA) is 23.5 Å². The smallest absolute Gasteiger partial charge is 0.0710 e. The molecule has 1 N–H and O–H groups in total. The van der Waals surface area contributed by atoms with Crippen molar-refractivity contribution in [2.75, 3.05) is 7.05 Å². The van der Waals surface area contributed by atoms with Crippen LogP contribution < -0.4 is 0 Å². The Balaban J connectivity index is 1.45. The molecule has 20 heavy (non-hydrogen) atoms. The molecule has 0 amide bonds. The number of rotatable bonds is 1. The second-order valence-electron chi connectivity index (χ2n) is 9.02. The number of hydrogen-bond acceptors (Lipinski definition) is 2. The SMILES string of the molecule is CN1C2CCC1CC(O)(C1C3CC4CC(C3)CC1C4)C2. The first-order valence-corrected chi connectivity index (χ1v) is 9.07. The van der Waals surface area contributed by atoms with E-state index < -0.39 is 0 Å². The summed E-state index contributed by atoms with van der Waals surface area (Å²) < 4.78 is 0. The standard InChI is InChI=1S/C18H29NO/c1-19-15-2-3-16(19)10-18(20,9-15)17-13-5-11-4-12(7-13)8-14(17)6-11/h11-17,20H,2-10H2,1H3. The van der Waals surface area contributed by atoms with E-state index in [4.69, 9.17) is 0 Å². The lowest BCUT2D eigenvalue weighted by atomic mass is 9.47. The molecule has 0 aromatic heterocycles. The van der Waals surface area contributed by atoms with E-state index in [-0.39, 0.29) is 5.60 Å². The Morgan fingerprint density at radius 3 is 1.85 bits per heavy atom. The van der Waals surface area contributed by atoms with Gasteiger partial charge in [-0.05, 0) is 94.4 Å². The summed E-state index contributed by atoms with van der Waals surface area (Å²) in [7, 11) is 2.29. The predicted octanol–water partition coefficient (Wildman–Crippen LogP) is 3.05. The maximum atomic E-state index is 11.6. The van der Waals surface area contributed by atoms with Crippen LogP contribution >= 0.6 is 0 Å². The molecule has 2 nitrogen and oxygen atoms in total. The first-order valence-electron chi connectivity index (χ1n) is 9.07. The van der Waals surface area contributed by atoms with E-state index in [0.29, 0.717) is 18.0 Å². The highest BCUT2D eigenvalue weighted by molar-refractivity contribution is 5.10. The lowest BCUT2D eigenvalue weighted by molar-refractivity contribution is -0.170. The molecule has 2 unspecified atom stereocenters. The molecule has 2 atom stereocenters. The van der Waals surface area contributed by atoms with Crippen LogP contribution in [0.5, 0.6) is 0 Å². The monoisotopic (exact) mass is 275 g/mol. The van der Waals surface area contributed by atoms with Crippen LogP contribution in [0.1, 0.15) is 57.8 Å². The lowest BCUT2D eigenvalue weighted by Gasteiger charge is -2.60. The van der Waals surface area contributed by atoms with Crippen LogP contribution in [0.15, 0.2) is 0 Å². The summed E-state index contributed by atoms with van der Waals surface area (Å²) in [6.45, 7) is 0. The number of fused-ring (bicyclic) bond motifs is 2.